The Balaban J connectivity index is 1.75. The highest BCUT2D eigenvalue weighted by Gasteiger charge is 2.38. The lowest BCUT2D eigenvalue weighted by atomic mass is 9.89. The van der Waals surface area contributed by atoms with Crippen molar-refractivity contribution in [1.29, 1.82) is 0 Å². The van der Waals surface area contributed by atoms with Crippen molar-refractivity contribution in [3.63, 3.8) is 0 Å². The molecular formula is C16H19NOS. The number of aliphatic hydroxyl groups is 1. The average Bonchev–Trinajstić information content (AvgIpc) is 3.01. The summed E-state index contributed by atoms with van der Waals surface area (Å²) in [5.41, 5.74) is 1.59. The van der Waals surface area contributed by atoms with Gasteiger partial charge in [0.2, 0.25) is 0 Å². The first kappa shape index (κ1) is 12.9. The fourth-order valence-corrected chi connectivity index (χ4v) is 3.69. The largest absolute Gasteiger partial charge is 0.384 e. The lowest BCUT2D eigenvalue weighted by Gasteiger charge is -2.25. The molecule has 19 heavy (non-hydrogen) atoms. The minimum Gasteiger partial charge on any atom is -0.384 e. The zero-order valence-electron chi connectivity index (χ0n) is 11.2. The van der Waals surface area contributed by atoms with Gasteiger partial charge in [0.15, 0.2) is 0 Å². The number of hydrogen-bond donors (Lipinski definition) is 1. The minimum absolute atomic E-state index is 0.678. The Bertz CT molecular complexity index is 552. The van der Waals surface area contributed by atoms with Crippen LogP contribution in [-0.2, 0) is 12.1 Å². The summed E-state index contributed by atoms with van der Waals surface area (Å²) >= 11 is 1.79. The molecule has 0 amide bonds. The van der Waals surface area contributed by atoms with Crippen molar-refractivity contribution in [2.24, 2.45) is 0 Å². The number of benzene rings is 1. The molecule has 2 heterocycles. The van der Waals surface area contributed by atoms with Gasteiger partial charge in [-0.25, -0.2) is 0 Å². The summed E-state index contributed by atoms with van der Waals surface area (Å²) in [5.74, 6) is 0. The summed E-state index contributed by atoms with van der Waals surface area (Å²) < 4.78 is 0. The molecule has 100 valence electrons. The number of nitrogens with zero attached hydrogens (tertiary/aromatic N) is 1. The average molecular weight is 273 g/mol. The van der Waals surface area contributed by atoms with E-state index in [0.29, 0.717) is 0 Å². The second-order valence-corrected chi connectivity index (χ2v) is 6.42. The van der Waals surface area contributed by atoms with E-state index in [1.54, 1.807) is 11.3 Å². The maximum atomic E-state index is 10.9. The van der Waals surface area contributed by atoms with Crippen molar-refractivity contribution < 1.29 is 5.11 Å². The monoisotopic (exact) mass is 273 g/mol. The first-order valence-corrected chi connectivity index (χ1v) is 7.59. The molecule has 1 aromatic heterocycles. The van der Waals surface area contributed by atoms with E-state index in [0.717, 1.165) is 31.6 Å². The van der Waals surface area contributed by atoms with Gasteiger partial charge in [-0.2, -0.15) is 0 Å². The third kappa shape index (κ3) is 2.59. The molecule has 1 N–H and O–H groups in total. The summed E-state index contributed by atoms with van der Waals surface area (Å²) in [4.78, 5) is 3.71. The Morgan fingerprint density at radius 2 is 2.11 bits per heavy atom. The van der Waals surface area contributed by atoms with Gasteiger partial charge < -0.3 is 5.11 Å². The molecule has 0 saturated carbocycles. The Morgan fingerprint density at radius 1 is 1.26 bits per heavy atom. The third-order valence-corrected chi connectivity index (χ3v) is 4.79. The molecule has 2 nitrogen and oxygen atoms in total. The molecule has 1 aliphatic heterocycles. The molecule has 1 aromatic carbocycles. The second kappa shape index (κ2) is 5.08. The van der Waals surface area contributed by atoms with Crippen molar-refractivity contribution in [2.75, 3.05) is 13.1 Å². The van der Waals surface area contributed by atoms with Gasteiger partial charge in [-0.05, 0) is 35.9 Å². The predicted molar refractivity (Wildman–Crippen MR) is 79.3 cm³/mol. The highest BCUT2D eigenvalue weighted by Crippen LogP contribution is 2.34. The molecule has 0 bridgehead atoms. The van der Waals surface area contributed by atoms with Crippen LogP contribution in [0.2, 0.25) is 0 Å². The fraction of sp³-hybridized carbons (Fsp3) is 0.375. The normalized spacial score (nSPS) is 23.9. The van der Waals surface area contributed by atoms with E-state index in [4.69, 9.17) is 0 Å². The van der Waals surface area contributed by atoms with Crippen LogP contribution in [0, 0.1) is 6.92 Å². The van der Waals surface area contributed by atoms with Crippen LogP contribution in [0.1, 0.15) is 22.4 Å². The quantitative estimate of drug-likeness (QED) is 0.928. The van der Waals surface area contributed by atoms with Crippen LogP contribution in [0.15, 0.2) is 41.8 Å². The second-order valence-electron chi connectivity index (χ2n) is 5.39. The molecule has 1 aliphatic rings. The number of hydrogen-bond acceptors (Lipinski definition) is 3. The highest BCUT2D eigenvalue weighted by molar-refractivity contribution is 7.09. The van der Waals surface area contributed by atoms with Gasteiger partial charge in [0.25, 0.3) is 0 Å². The first-order chi connectivity index (χ1) is 9.17. The topological polar surface area (TPSA) is 23.5 Å². The molecule has 1 atom stereocenters. The maximum absolute atomic E-state index is 10.9. The van der Waals surface area contributed by atoms with Gasteiger partial charge in [0, 0.05) is 24.5 Å². The van der Waals surface area contributed by atoms with E-state index in [1.807, 2.05) is 12.1 Å². The van der Waals surface area contributed by atoms with Crippen LogP contribution in [0.3, 0.4) is 0 Å². The van der Waals surface area contributed by atoms with Crippen molar-refractivity contribution in [1.82, 2.24) is 4.90 Å². The van der Waals surface area contributed by atoms with Crippen LogP contribution in [0.5, 0.6) is 0 Å². The van der Waals surface area contributed by atoms with E-state index in [-0.39, 0.29) is 0 Å². The van der Waals surface area contributed by atoms with Gasteiger partial charge in [0.05, 0.1) is 0 Å². The van der Waals surface area contributed by atoms with Crippen LogP contribution in [-0.4, -0.2) is 23.1 Å². The SMILES string of the molecule is Cc1ccccc1C1(O)CCN(Cc2cccs2)C1. The maximum Gasteiger partial charge on any atom is 0.104 e. The highest BCUT2D eigenvalue weighted by atomic mass is 32.1. The number of β-amino-alcohol motifs (C(OH)–C–C–N with tert-alkyl or cyclic N) is 1. The van der Waals surface area contributed by atoms with Crippen molar-refractivity contribution in [3.05, 3.63) is 57.8 Å². The molecular weight excluding hydrogens is 254 g/mol. The number of rotatable bonds is 3. The Labute approximate surface area is 118 Å². The third-order valence-electron chi connectivity index (χ3n) is 3.93. The predicted octanol–water partition coefficient (Wildman–Crippen LogP) is 3.15. The van der Waals surface area contributed by atoms with E-state index < -0.39 is 5.60 Å². The van der Waals surface area contributed by atoms with Crippen LogP contribution in [0.25, 0.3) is 0 Å². The lowest BCUT2D eigenvalue weighted by molar-refractivity contribution is 0.0448. The molecule has 3 heteroatoms. The van der Waals surface area contributed by atoms with Crippen LogP contribution in [0.4, 0.5) is 0 Å². The lowest BCUT2D eigenvalue weighted by Crippen LogP contribution is -2.31. The smallest absolute Gasteiger partial charge is 0.104 e. The van der Waals surface area contributed by atoms with Gasteiger partial charge in [0.1, 0.15) is 5.60 Å². The Hall–Kier alpha value is -1.16. The fourth-order valence-electron chi connectivity index (χ4n) is 2.94. The molecule has 3 rings (SSSR count). The van der Waals surface area contributed by atoms with E-state index >= 15 is 0 Å². The summed E-state index contributed by atoms with van der Waals surface area (Å²) in [6.07, 6.45) is 0.823. The van der Waals surface area contributed by atoms with Crippen molar-refractivity contribution >= 4 is 11.3 Å². The standard InChI is InChI=1S/C16H19NOS/c1-13-5-2-3-7-15(13)16(18)8-9-17(12-16)11-14-6-4-10-19-14/h2-7,10,18H,8-9,11-12H2,1H3. The van der Waals surface area contributed by atoms with E-state index in [2.05, 4.69) is 41.5 Å². The molecule has 0 radical (unpaired) electrons. The molecule has 2 aromatic rings. The Morgan fingerprint density at radius 3 is 2.84 bits per heavy atom. The van der Waals surface area contributed by atoms with E-state index in [1.165, 1.54) is 10.4 Å². The summed E-state index contributed by atoms with van der Waals surface area (Å²) in [5, 5.41) is 13.0. The van der Waals surface area contributed by atoms with Crippen molar-refractivity contribution in [2.45, 2.75) is 25.5 Å². The zero-order chi connectivity index (χ0) is 13.3. The van der Waals surface area contributed by atoms with Gasteiger partial charge in [-0.3, -0.25) is 4.90 Å². The Kier molecular flexibility index (Phi) is 3.44. The zero-order valence-corrected chi connectivity index (χ0v) is 12.0. The van der Waals surface area contributed by atoms with Crippen molar-refractivity contribution in [3.8, 4) is 0 Å². The number of aryl methyl sites for hydroxylation is 1. The molecule has 0 aliphatic carbocycles. The first-order valence-electron chi connectivity index (χ1n) is 6.71. The molecule has 1 unspecified atom stereocenters. The summed E-state index contributed by atoms with van der Waals surface area (Å²) in [7, 11) is 0. The number of likely N-dealkylation sites (tertiary alicyclic amines) is 1. The van der Waals surface area contributed by atoms with Gasteiger partial charge >= 0.3 is 0 Å². The molecule has 1 saturated heterocycles. The summed E-state index contributed by atoms with van der Waals surface area (Å²) in [6, 6.07) is 12.4. The number of thiophene rings is 1. The van der Waals surface area contributed by atoms with Gasteiger partial charge in [-0.1, -0.05) is 30.3 Å². The van der Waals surface area contributed by atoms with Crippen LogP contribution >= 0.6 is 11.3 Å². The molecule has 0 spiro atoms. The van der Waals surface area contributed by atoms with Crippen LogP contribution < -0.4 is 0 Å². The van der Waals surface area contributed by atoms with Gasteiger partial charge in [-0.15, -0.1) is 11.3 Å². The molecule has 1 fully saturated rings. The summed E-state index contributed by atoms with van der Waals surface area (Å²) in [6.45, 7) is 4.72. The minimum atomic E-state index is -0.678. The van der Waals surface area contributed by atoms with E-state index in [9.17, 15) is 5.11 Å².